The summed E-state index contributed by atoms with van der Waals surface area (Å²) in [6, 6.07) is 0. The molecule has 0 aromatic carbocycles. The Labute approximate surface area is 71.9 Å². The Hall–Kier alpha value is 0.158. The Morgan fingerprint density at radius 3 is 1.44 bits per heavy atom. The zero-order chi connectivity index (χ0) is 6.99. The maximum absolute atomic E-state index is 9.31. The van der Waals surface area contributed by atoms with Gasteiger partial charge in [-0.25, -0.2) is 0 Å². The van der Waals surface area contributed by atoms with Crippen molar-refractivity contribution in [2.24, 2.45) is 0 Å². The maximum atomic E-state index is 9.31. The molecule has 0 N–H and O–H groups in total. The van der Waals surface area contributed by atoms with E-state index in [-0.39, 0.29) is 21.1 Å². The molecule has 9 heavy (non-hydrogen) atoms. The van der Waals surface area contributed by atoms with E-state index in [9.17, 15) is 4.79 Å². The quantitative estimate of drug-likeness (QED) is 0.519. The molecule has 0 aromatic heterocycles. The fourth-order valence-electron chi connectivity index (χ4n) is 0. The van der Waals surface area contributed by atoms with Gasteiger partial charge in [0.15, 0.2) is 0 Å². The molecule has 0 aromatic rings. The summed E-state index contributed by atoms with van der Waals surface area (Å²) in [5, 5.41) is 0. The fraction of sp³-hybridized carbons (Fsp3) is 0.667. The van der Waals surface area contributed by atoms with Gasteiger partial charge in [-0.15, -0.1) is 0 Å². The van der Waals surface area contributed by atoms with E-state index in [4.69, 9.17) is 0 Å². The Kier molecular flexibility index (Phi) is 28.1. The SMILES string of the molecule is CN(C)[C-]=O.C[CH-]C.[W+2]. The predicted molar refractivity (Wildman–Crippen MR) is 35.0 cm³/mol. The van der Waals surface area contributed by atoms with Crippen LogP contribution in [0.1, 0.15) is 13.8 Å². The first-order valence-corrected chi connectivity index (χ1v) is 2.48. The Bertz CT molecular complexity index is 48.3. The van der Waals surface area contributed by atoms with Crippen LogP contribution < -0.4 is 0 Å². The van der Waals surface area contributed by atoms with Gasteiger partial charge in [-0.05, 0) is 14.1 Å². The largest absolute Gasteiger partial charge is 2.00 e. The second kappa shape index (κ2) is 15.7. The predicted octanol–water partition coefficient (Wildman–Crippen LogP) is 0.843. The molecule has 0 radical (unpaired) electrons. The Balaban J connectivity index is -0.0000000800. The van der Waals surface area contributed by atoms with Crippen molar-refractivity contribution in [1.82, 2.24) is 4.90 Å². The maximum Gasteiger partial charge on any atom is 2.00 e. The molecule has 0 unspecified atom stereocenters. The first-order chi connectivity index (χ1) is 3.68. The standard InChI is InChI=1S/C3H6NO.C3H7.W/c1-4(2)3-5;1-3-2;/h1-2H3;3H,1-2H3;/q2*-1;+2. The molecule has 2 nitrogen and oxygen atoms in total. The molecule has 1 amide bonds. The van der Waals surface area contributed by atoms with Crippen LogP contribution in [0.3, 0.4) is 0 Å². The van der Waals surface area contributed by atoms with Gasteiger partial charge in [0, 0.05) is 0 Å². The van der Waals surface area contributed by atoms with Crippen LogP contribution in [0.15, 0.2) is 0 Å². The summed E-state index contributed by atoms with van der Waals surface area (Å²) in [7, 11) is 3.26. The van der Waals surface area contributed by atoms with Crippen LogP contribution in [-0.4, -0.2) is 25.4 Å². The molecule has 0 heterocycles. The number of amides is 1. The van der Waals surface area contributed by atoms with Crippen LogP contribution in [0.25, 0.3) is 0 Å². The molecule has 0 spiro atoms. The third-order valence-corrected chi connectivity index (χ3v) is 0.183. The van der Waals surface area contributed by atoms with E-state index in [0.29, 0.717) is 0 Å². The van der Waals surface area contributed by atoms with Gasteiger partial charge in [-0.3, -0.25) is 0 Å². The minimum absolute atomic E-state index is 0. The van der Waals surface area contributed by atoms with E-state index in [2.05, 4.69) is 0 Å². The van der Waals surface area contributed by atoms with Crippen LogP contribution in [0, 0.1) is 6.42 Å². The zero-order valence-electron chi connectivity index (χ0n) is 6.34. The summed E-state index contributed by atoms with van der Waals surface area (Å²) in [5.74, 6) is 0. The summed E-state index contributed by atoms with van der Waals surface area (Å²) in [6.45, 7) is 4.00. The molecule has 0 rings (SSSR count). The average Bonchev–Trinajstić information content (AvgIpc) is 1.69. The van der Waals surface area contributed by atoms with Crippen LogP contribution in [0.4, 0.5) is 0 Å². The molecule has 3 heteroatoms. The second-order valence-electron chi connectivity index (χ2n) is 1.56. The Morgan fingerprint density at radius 2 is 1.44 bits per heavy atom. The molecule has 54 valence electrons. The zero-order valence-corrected chi connectivity index (χ0v) is 9.27. The molecule has 0 atom stereocenters. The van der Waals surface area contributed by atoms with Gasteiger partial charge in [0.25, 0.3) is 0 Å². The van der Waals surface area contributed by atoms with Gasteiger partial charge in [0.1, 0.15) is 0 Å². The third kappa shape index (κ3) is 66.4. The van der Waals surface area contributed by atoms with Crippen molar-refractivity contribution in [1.29, 1.82) is 0 Å². The first kappa shape index (κ1) is 16.1. The third-order valence-electron chi connectivity index (χ3n) is 0.183. The molecule has 0 aliphatic carbocycles. The summed E-state index contributed by atoms with van der Waals surface area (Å²) >= 11 is 0. The molecular formula is C6H13NOW. The van der Waals surface area contributed by atoms with Crippen molar-refractivity contribution in [3.63, 3.8) is 0 Å². The minimum atomic E-state index is 0. The van der Waals surface area contributed by atoms with E-state index >= 15 is 0 Å². The normalized spacial score (nSPS) is 5.78. The van der Waals surface area contributed by atoms with Gasteiger partial charge in [-0.1, -0.05) is 0 Å². The van der Waals surface area contributed by atoms with Crippen LogP contribution in [-0.2, 0) is 25.9 Å². The van der Waals surface area contributed by atoms with E-state index < -0.39 is 0 Å². The molecule has 0 fully saturated rings. The monoisotopic (exact) mass is 299 g/mol. The molecule has 0 saturated heterocycles. The summed E-state index contributed by atoms with van der Waals surface area (Å²) in [5.41, 5.74) is 0. The summed E-state index contributed by atoms with van der Waals surface area (Å²) < 4.78 is 0. The molecule has 0 aliphatic rings. The number of nitrogens with zero attached hydrogens (tertiary/aromatic N) is 1. The molecule has 0 aliphatic heterocycles. The second-order valence-corrected chi connectivity index (χ2v) is 1.56. The van der Waals surface area contributed by atoms with Crippen molar-refractivity contribution >= 4 is 6.41 Å². The fourth-order valence-corrected chi connectivity index (χ4v) is 0. The number of rotatable bonds is 1. The summed E-state index contributed by atoms with van der Waals surface area (Å²) in [4.78, 5) is 10.6. The van der Waals surface area contributed by atoms with Crippen LogP contribution in [0.2, 0.25) is 0 Å². The summed E-state index contributed by atoms with van der Waals surface area (Å²) in [6.07, 6.45) is 3.61. The number of hydrogen-bond acceptors (Lipinski definition) is 1. The van der Waals surface area contributed by atoms with E-state index in [0.717, 1.165) is 0 Å². The molecular weight excluding hydrogens is 286 g/mol. The average molecular weight is 299 g/mol. The van der Waals surface area contributed by atoms with Gasteiger partial charge in [0.05, 0.1) is 0 Å². The Morgan fingerprint density at radius 1 is 1.33 bits per heavy atom. The van der Waals surface area contributed by atoms with Crippen molar-refractivity contribution in [2.45, 2.75) is 13.8 Å². The van der Waals surface area contributed by atoms with E-state index in [1.165, 1.54) is 4.90 Å². The van der Waals surface area contributed by atoms with Crippen LogP contribution in [0.5, 0.6) is 0 Å². The van der Waals surface area contributed by atoms with Gasteiger partial charge in [0.2, 0.25) is 0 Å². The van der Waals surface area contributed by atoms with E-state index in [1.54, 1.807) is 20.5 Å². The molecule has 0 bridgehead atoms. The van der Waals surface area contributed by atoms with Gasteiger partial charge < -0.3 is 16.1 Å². The van der Waals surface area contributed by atoms with Crippen molar-refractivity contribution < 1.29 is 25.9 Å². The van der Waals surface area contributed by atoms with Gasteiger partial charge in [-0.2, -0.15) is 20.3 Å². The van der Waals surface area contributed by atoms with Gasteiger partial charge >= 0.3 is 21.1 Å². The smallest absolute Gasteiger partial charge is 0.522 e. The van der Waals surface area contributed by atoms with Crippen molar-refractivity contribution in [3.05, 3.63) is 6.42 Å². The first-order valence-electron chi connectivity index (χ1n) is 2.48. The van der Waals surface area contributed by atoms with E-state index in [1.807, 2.05) is 20.3 Å². The number of hydrogen-bond donors (Lipinski definition) is 0. The molecule has 0 saturated carbocycles. The number of carbonyl (C=O) groups excluding carboxylic acids is 1. The van der Waals surface area contributed by atoms with Crippen LogP contribution >= 0.6 is 0 Å². The van der Waals surface area contributed by atoms with Crippen molar-refractivity contribution in [2.75, 3.05) is 14.1 Å². The topological polar surface area (TPSA) is 20.3 Å². The van der Waals surface area contributed by atoms with Crippen molar-refractivity contribution in [3.8, 4) is 0 Å². The minimum Gasteiger partial charge on any atom is -0.522 e.